The van der Waals surface area contributed by atoms with Gasteiger partial charge in [-0.2, -0.15) is 0 Å². The Bertz CT molecular complexity index is 816. The van der Waals surface area contributed by atoms with E-state index in [0.29, 0.717) is 17.0 Å². The molecule has 0 radical (unpaired) electrons. The lowest BCUT2D eigenvalue weighted by atomic mass is 10.2. The summed E-state index contributed by atoms with van der Waals surface area (Å²) < 4.78 is 20.6. The summed E-state index contributed by atoms with van der Waals surface area (Å²) in [5.74, 6) is 0.0391. The van der Waals surface area contributed by atoms with Gasteiger partial charge in [-0.15, -0.1) is 11.8 Å². The van der Waals surface area contributed by atoms with Crippen molar-refractivity contribution in [2.75, 3.05) is 19.1 Å². The first-order chi connectivity index (χ1) is 10.2. The predicted molar refractivity (Wildman–Crippen MR) is 83.8 cm³/mol. The minimum absolute atomic E-state index is 0.172. The summed E-state index contributed by atoms with van der Waals surface area (Å²) in [5, 5.41) is 0. The Morgan fingerprint density at radius 3 is 2.76 bits per heavy atom. The van der Waals surface area contributed by atoms with Crippen molar-refractivity contribution in [2.45, 2.75) is 4.90 Å². The average Bonchev–Trinajstić information content (AvgIpc) is 2.80. The van der Waals surface area contributed by atoms with E-state index in [2.05, 4.69) is 4.98 Å². The highest BCUT2D eigenvalue weighted by molar-refractivity contribution is 7.98. The smallest absolute Gasteiger partial charge is 0.205 e. The van der Waals surface area contributed by atoms with Crippen molar-refractivity contribution < 1.29 is 9.13 Å². The zero-order chi connectivity index (χ0) is 15.0. The van der Waals surface area contributed by atoms with Crippen LogP contribution in [-0.4, -0.2) is 22.9 Å². The highest BCUT2D eigenvalue weighted by Gasteiger charge is 2.16. The quantitative estimate of drug-likeness (QED) is 0.753. The second kappa shape index (κ2) is 5.29. The molecule has 21 heavy (non-hydrogen) atoms. The van der Waals surface area contributed by atoms with Crippen LogP contribution in [0.25, 0.3) is 16.7 Å². The Labute approximate surface area is 125 Å². The molecule has 1 aromatic heterocycles. The van der Waals surface area contributed by atoms with Gasteiger partial charge < -0.3 is 10.5 Å². The maximum atomic E-state index is 13.8. The van der Waals surface area contributed by atoms with Gasteiger partial charge in [-0.05, 0) is 18.4 Å². The molecule has 0 saturated heterocycles. The Kier molecular flexibility index (Phi) is 3.47. The molecule has 0 amide bonds. The predicted octanol–water partition coefficient (Wildman–Crippen LogP) is 3.48. The van der Waals surface area contributed by atoms with E-state index in [1.165, 1.54) is 13.2 Å². The van der Waals surface area contributed by atoms with Gasteiger partial charge >= 0.3 is 0 Å². The Morgan fingerprint density at radius 1 is 1.29 bits per heavy atom. The summed E-state index contributed by atoms with van der Waals surface area (Å²) in [5.41, 5.74) is 8.16. The molecule has 0 aliphatic rings. The van der Waals surface area contributed by atoms with Crippen LogP contribution in [0.1, 0.15) is 0 Å². The van der Waals surface area contributed by atoms with Crippen LogP contribution in [0.5, 0.6) is 5.75 Å². The lowest BCUT2D eigenvalue weighted by Crippen LogP contribution is -2.02. The van der Waals surface area contributed by atoms with Gasteiger partial charge in [-0.3, -0.25) is 4.57 Å². The molecular formula is C15H14FN3OS. The lowest BCUT2D eigenvalue weighted by molar-refractivity contribution is 0.387. The lowest BCUT2D eigenvalue weighted by Gasteiger charge is -2.11. The Morgan fingerprint density at radius 2 is 2.05 bits per heavy atom. The molecule has 0 spiro atoms. The van der Waals surface area contributed by atoms with E-state index in [1.807, 2.05) is 35.1 Å². The number of aromatic nitrogens is 2. The summed E-state index contributed by atoms with van der Waals surface area (Å²) in [6.07, 6.45) is 1.99. The number of rotatable bonds is 3. The summed E-state index contributed by atoms with van der Waals surface area (Å²) in [4.78, 5) is 5.30. The summed E-state index contributed by atoms with van der Waals surface area (Å²) >= 11 is 1.61. The highest BCUT2D eigenvalue weighted by atomic mass is 32.2. The standard InChI is InChI=1S/C15H14FN3OS/c1-20-13-8-12-10(7-9(13)16)18-15(17)19(12)11-5-3-4-6-14(11)21-2/h3-8H,1-2H3,(H2,17,18). The van der Waals surface area contributed by atoms with Crippen LogP contribution in [0.2, 0.25) is 0 Å². The first-order valence-corrected chi connectivity index (χ1v) is 7.53. The molecule has 108 valence electrons. The average molecular weight is 303 g/mol. The maximum absolute atomic E-state index is 13.8. The van der Waals surface area contributed by atoms with E-state index >= 15 is 0 Å². The number of anilines is 1. The van der Waals surface area contributed by atoms with Crippen LogP contribution >= 0.6 is 11.8 Å². The van der Waals surface area contributed by atoms with Gasteiger partial charge in [-0.1, -0.05) is 12.1 Å². The fourth-order valence-electron chi connectivity index (χ4n) is 2.32. The van der Waals surface area contributed by atoms with Crippen molar-refractivity contribution in [1.82, 2.24) is 9.55 Å². The van der Waals surface area contributed by atoms with Crippen LogP contribution in [0.3, 0.4) is 0 Å². The number of nitrogens with two attached hydrogens (primary N) is 1. The van der Waals surface area contributed by atoms with E-state index in [-0.39, 0.29) is 5.75 Å². The van der Waals surface area contributed by atoms with E-state index in [4.69, 9.17) is 10.5 Å². The van der Waals surface area contributed by atoms with E-state index in [9.17, 15) is 4.39 Å². The number of methoxy groups -OCH3 is 1. The van der Waals surface area contributed by atoms with Gasteiger partial charge in [0.1, 0.15) is 0 Å². The number of ether oxygens (including phenoxy) is 1. The van der Waals surface area contributed by atoms with Crippen molar-refractivity contribution in [2.24, 2.45) is 0 Å². The van der Waals surface area contributed by atoms with Gasteiger partial charge in [-0.25, -0.2) is 9.37 Å². The van der Waals surface area contributed by atoms with Gasteiger partial charge in [0.25, 0.3) is 0 Å². The largest absolute Gasteiger partial charge is 0.494 e. The van der Waals surface area contributed by atoms with E-state index < -0.39 is 5.82 Å². The minimum atomic E-state index is -0.451. The third kappa shape index (κ3) is 2.21. The van der Waals surface area contributed by atoms with Crippen LogP contribution in [0.4, 0.5) is 10.3 Å². The molecule has 1 heterocycles. The Balaban J connectivity index is 2.34. The van der Waals surface area contributed by atoms with Crippen molar-refractivity contribution in [3.8, 4) is 11.4 Å². The summed E-state index contributed by atoms with van der Waals surface area (Å²) in [6.45, 7) is 0. The number of fused-ring (bicyclic) bond motifs is 1. The molecule has 6 heteroatoms. The summed E-state index contributed by atoms with van der Waals surface area (Å²) in [7, 11) is 1.43. The van der Waals surface area contributed by atoms with Gasteiger partial charge in [0.15, 0.2) is 11.6 Å². The highest BCUT2D eigenvalue weighted by Crippen LogP contribution is 2.32. The fraction of sp³-hybridized carbons (Fsp3) is 0.133. The number of nitrogens with zero attached hydrogens (tertiary/aromatic N) is 2. The number of halogens is 1. The van der Waals surface area contributed by atoms with Crippen LogP contribution < -0.4 is 10.5 Å². The van der Waals surface area contributed by atoms with Crippen molar-refractivity contribution in [1.29, 1.82) is 0 Å². The molecule has 0 bridgehead atoms. The number of para-hydroxylation sites is 1. The molecule has 0 saturated carbocycles. The molecule has 2 aromatic carbocycles. The van der Waals surface area contributed by atoms with Crippen LogP contribution in [0.15, 0.2) is 41.3 Å². The minimum Gasteiger partial charge on any atom is -0.494 e. The molecule has 0 aliphatic carbocycles. The summed E-state index contributed by atoms with van der Waals surface area (Å²) in [6, 6.07) is 10.8. The third-order valence-electron chi connectivity index (χ3n) is 3.28. The van der Waals surface area contributed by atoms with Crippen LogP contribution in [-0.2, 0) is 0 Å². The van der Waals surface area contributed by atoms with Gasteiger partial charge in [0, 0.05) is 17.0 Å². The molecule has 0 fully saturated rings. The molecule has 0 unspecified atom stereocenters. The molecule has 4 nitrogen and oxygen atoms in total. The number of benzene rings is 2. The van der Waals surface area contributed by atoms with E-state index in [0.717, 1.165) is 10.6 Å². The molecule has 0 atom stereocenters. The zero-order valence-electron chi connectivity index (χ0n) is 11.6. The normalized spacial score (nSPS) is 11.0. The molecule has 3 rings (SSSR count). The van der Waals surface area contributed by atoms with Gasteiger partial charge in [0.05, 0.1) is 23.8 Å². The topological polar surface area (TPSA) is 53.1 Å². The first kappa shape index (κ1) is 13.8. The number of imidazole rings is 1. The van der Waals surface area contributed by atoms with Crippen molar-refractivity contribution in [3.05, 3.63) is 42.2 Å². The molecular weight excluding hydrogens is 289 g/mol. The Hall–Kier alpha value is -2.21. The number of hydrogen-bond donors (Lipinski definition) is 1. The van der Waals surface area contributed by atoms with Crippen LogP contribution in [0, 0.1) is 5.82 Å². The van der Waals surface area contributed by atoms with Gasteiger partial charge in [0.2, 0.25) is 5.95 Å². The third-order valence-corrected chi connectivity index (χ3v) is 4.07. The molecule has 3 aromatic rings. The van der Waals surface area contributed by atoms with Crippen molar-refractivity contribution in [3.63, 3.8) is 0 Å². The molecule has 0 aliphatic heterocycles. The SMILES string of the molecule is COc1cc2c(cc1F)nc(N)n2-c1ccccc1SC. The number of nitrogen functional groups attached to an aromatic ring is 1. The maximum Gasteiger partial charge on any atom is 0.205 e. The first-order valence-electron chi connectivity index (χ1n) is 6.30. The van der Waals surface area contributed by atoms with Crippen molar-refractivity contribution >= 4 is 28.7 Å². The van der Waals surface area contributed by atoms with E-state index in [1.54, 1.807) is 17.8 Å². The number of thioether (sulfide) groups is 1. The monoisotopic (exact) mass is 303 g/mol. The second-order valence-electron chi connectivity index (χ2n) is 4.45. The fourth-order valence-corrected chi connectivity index (χ4v) is 2.90. The zero-order valence-corrected chi connectivity index (χ0v) is 12.4. The molecule has 2 N–H and O–H groups in total. The second-order valence-corrected chi connectivity index (χ2v) is 5.30. The number of hydrogen-bond acceptors (Lipinski definition) is 4.